The van der Waals surface area contributed by atoms with Gasteiger partial charge in [-0.2, -0.15) is 0 Å². The smallest absolute Gasteiger partial charge is 0.307 e. The number of nitrogens with one attached hydrogen (secondary N) is 1. The van der Waals surface area contributed by atoms with Gasteiger partial charge in [0.1, 0.15) is 11.5 Å². The van der Waals surface area contributed by atoms with Crippen LogP contribution in [0.1, 0.15) is 29.0 Å². The first-order valence-corrected chi connectivity index (χ1v) is 9.48. The monoisotopic (exact) mass is 373 g/mol. The molecule has 0 saturated heterocycles. The summed E-state index contributed by atoms with van der Waals surface area (Å²) in [5.74, 6) is 0.898. The van der Waals surface area contributed by atoms with E-state index in [2.05, 4.69) is 18.3 Å². The van der Waals surface area contributed by atoms with Gasteiger partial charge in [0.15, 0.2) is 0 Å². The van der Waals surface area contributed by atoms with Crippen molar-refractivity contribution in [3.63, 3.8) is 0 Å². The lowest BCUT2D eigenvalue weighted by atomic mass is 10.1. The number of hydrogen-bond acceptors (Lipinski definition) is 3. The van der Waals surface area contributed by atoms with Crippen LogP contribution < -0.4 is 10.1 Å². The van der Waals surface area contributed by atoms with Gasteiger partial charge in [0.2, 0.25) is 0 Å². The minimum absolute atomic E-state index is 0.169. The summed E-state index contributed by atoms with van der Waals surface area (Å²) >= 11 is 0. The van der Waals surface area contributed by atoms with E-state index in [0.717, 1.165) is 34.7 Å². The predicted molar refractivity (Wildman–Crippen MR) is 110 cm³/mol. The summed E-state index contributed by atoms with van der Waals surface area (Å²) in [7, 11) is 0. The van der Waals surface area contributed by atoms with Gasteiger partial charge in [0.25, 0.3) is 0 Å². The van der Waals surface area contributed by atoms with Crippen molar-refractivity contribution < 1.29 is 14.6 Å². The molecule has 28 heavy (non-hydrogen) atoms. The van der Waals surface area contributed by atoms with Crippen molar-refractivity contribution in [2.75, 3.05) is 5.32 Å². The second-order valence-corrected chi connectivity index (χ2v) is 7.33. The average Bonchev–Trinajstić information content (AvgIpc) is 3.50. The van der Waals surface area contributed by atoms with Crippen LogP contribution in [0.4, 0.5) is 5.69 Å². The maximum absolute atomic E-state index is 11.0. The van der Waals surface area contributed by atoms with Crippen LogP contribution in [0.5, 0.6) is 11.5 Å². The highest BCUT2D eigenvalue weighted by molar-refractivity contribution is 5.75. The molecule has 4 nitrogen and oxygen atoms in total. The number of ether oxygens (including phenoxy) is 1. The molecule has 0 aromatic heterocycles. The summed E-state index contributed by atoms with van der Waals surface area (Å²) in [6, 6.07) is 24.1. The van der Waals surface area contributed by atoms with Crippen LogP contribution in [0, 0.1) is 12.8 Å². The van der Waals surface area contributed by atoms with Crippen molar-refractivity contribution >= 4 is 11.7 Å². The topological polar surface area (TPSA) is 58.6 Å². The van der Waals surface area contributed by atoms with E-state index >= 15 is 0 Å². The van der Waals surface area contributed by atoms with Gasteiger partial charge < -0.3 is 15.2 Å². The van der Waals surface area contributed by atoms with Crippen LogP contribution in [0.2, 0.25) is 0 Å². The Kier molecular flexibility index (Phi) is 5.02. The summed E-state index contributed by atoms with van der Waals surface area (Å²) in [5, 5.41) is 12.5. The van der Waals surface area contributed by atoms with Gasteiger partial charge in [-0.25, -0.2) is 0 Å². The first-order chi connectivity index (χ1) is 13.6. The summed E-state index contributed by atoms with van der Waals surface area (Å²) < 4.78 is 5.93. The van der Waals surface area contributed by atoms with Gasteiger partial charge >= 0.3 is 5.97 Å². The fourth-order valence-corrected chi connectivity index (χ4v) is 3.35. The van der Waals surface area contributed by atoms with Gasteiger partial charge in [-0.3, -0.25) is 4.79 Å². The highest BCUT2D eigenvalue weighted by Crippen LogP contribution is 2.47. The molecule has 0 heterocycles. The Bertz CT molecular complexity index is 964. The lowest BCUT2D eigenvalue weighted by Gasteiger charge is -2.10. The third-order valence-corrected chi connectivity index (χ3v) is 5.10. The first-order valence-electron chi connectivity index (χ1n) is 9.48. The highest BCUT2D eigenvalue weighted by Gasteiger charge is 2.43. The van der Waals surface area contributed by atoms with Crippen molar-refractivity contribution in [3.8, 4) is 11.5 Å². The van der Waals surface area contributed by atoms with Crippen molar-refractivity contribution in [1.82, 2.24) is 0 Å². The Balaban J connectivity index is 1.34. The fourth-order valence-electron chi connectivity index (χ4n) is 3.35. The summed E-state index contributed by atoms with van der Waals surface area (Å²) in [4.78, 5) is 11.0. The minimum atomic E-state index is -0.695. The summed E-state index contributed by atoms with van der Waals surface area (Å²) in [6.45, 7) is 2.74. The fraction of sp³-hybridized carbons (Fsp3) is 0.208. The number of carbonyl (C=O) groups is 1. The molecular formula is C24H23NO3. The molecule has 1 fully saturated rings. The molecule has 1 saturated carbocycles. The number of anilines is 1. The molecule has 3 aromatic carbocycles. The molecule has 1 aliphatic carbocycles. The largest absolute Gasteiger partial charge is 0.481 e. The van der Waals surface area contributed by atoms with Crippen molar-refractivity contribution in [3.05, 3.63) is 89.5 Å². The van der Waals surface area contributed by atoms with E-state index in [-0.39, 0.29) is 11.8 Å². The van der Waals surface area contributed by atoms with Gasteiger partial charge in [0, 0.05) is 12.2 Å². The maximum atomic E-state index is 11.0. The lowest BCUT2D eigenvalue weighted by Crippen LogP contribution is -2.00. The molecule has 4 rings (SSSR count). The van der Waals surface area contributed by atoms with Crippen LogP contribution in [-0.2, 0) is 11.3 Å². The molecule has 4 heteroatoms. The van der Waals surface area contributed by atoms with Gasteiger partial charge in [-0.15, -0.1) is 0 Å². The second-order valence-electron chi connectivity index (χ2n) is 7.33. The molecule has 0 aliphatic heterocycles. The minimum Gasteiger partial charge on any atom is -0.481 e. The molecule has 0 unspecified atom stereocenters. The van der Waals surface area contributed by atoms with E-state index in [4.69, 9.17) is 9.84 Å². The van der Waals surface area contributed by atoms with Crippen LogP contribution in [0.25, 0.3) is 0 Å². The van der Waals surface area contributed by atoms with Crippen LogP contribution in [0.15, 0.2) is 72.8 Å². The predicted octanol–water partition coefficient (Wildman–Crippen LogP) is 5.59. The molecule has 142 valence electrons. The number of benzene rings is 3. The zero-order chi connectivity index (χ0) is 19.5. The molecule has 1 aliphatic rings. The molecule has 0 spiro atoms. The Hall–Kier alpha value is -3.27. The van der Waals surface area contributed by atoms with Crippen molar-refractivity contribution in [1.29, 1.82) is 0 Å². The van der Waals surface area contributed by atoms with Crippen molar-refractivity contribution in [2.45, 2.75) is 25.8 Å². The SMILES string of the molecule is Cc1ccc(Oc2cccc(CNc3ccc([C@@H]4C[C@H]4C(=O)O)cc3)c2)cc1. The molecule has 0 amide bonds. The number of hydrogen-bond donors (Lipinski definition) is 2. The maximum Gasteiger partial charge on any atom is 0.307 e. The van der Waals surface area contributed by atoms with Crippen LogP contribution in [0.3, 0.4) is 0 Å². The Morgan fingerprint density at radius 1 is 1.04 bits per heavy atom. The van der Waals surface area contributed by atoms with E-state index in [0.29, 0.717) is 6.54 Å². The summed E-state index contributed by atoms with van der Waals surface area (Å²) in [6.07, 6.45) is 0.746. The molecule has 0 bridgehead atoms. The zero-order valence-electron chi connectivity index (χ0n) is 15.8. The number of aliphatic carboxylic acids is 1. The third-order valence-electron chi connectivity index (χ3n) is 5.10. The normalized spacial score (nSPS) is 17.8. The van der Waals surface area contributed by atoms with E-state index in [1.54, 1.807) is 0 Å². The molecule has 2 atom stereocenters. The first kappa shape index (κ1) is 18.1. The number of rotatable bonds is 7. The molecule has 0 radical (unpaired) electrons. The Morgan fingerprint density at radius 3 is 2.46 bits per heavy atom. The standard InChI is InChI=1S/C24H23NO3/c1-16-5-11-20(12-6-16)28-21-4-2-3-17(13-21)15-25-19-9-7-18(8-10-19)22-14-23(22)24(26)27/h2-13,22-23,25H,14-15H2,1H3,(H,26,27)/t22-,23+/m0/s1. The molecular weight excluding hydrogens is 350 g/mol. The molecule has 3 aromatic rings. The quantitative estimate of drug-likeness (QED) is 0.567. The van der Waals surface area contributed by atoms with Crippen molar-refractivity contribution in [2.24, 2.45) is 5.92 Å². The number of carboxylic acids is 1. The van der Waals surface area contributed by atoms with Crippen LogP contribution >= 0.6 is 0 Å². The highest BCUT2D eigenvalue weighted by atomic mass is 16.5. The van der Waals surface area contributed by atoms with Gasteiger partial charge in [-0.05, 0) is 66.8 Å². The Labute approximate surface area is 164 Å². The van der Waals surface area contributed by atoms with E-state index in [1.807, 2.05) is 66.7 Å². The molecule has 2 N–H and O–H groups in total. The third kappa shape index (κ3) is 4.34. The van der Waals surface area contributed by atoms with Crippen LogP contribution in [-0.4, -0.2) is 11.1 Å². The second kappa shape index (κ2) is 7.77. The van der Waals surface area contributed by atoms with E-state index in [1.165, 1.54) is 5.56 Å². The Morgan fingerprint density at radius 2 is 1.79 bits per heavy atom. The number of carboxylic acid groups (broad SMARTS) is 1. The number of aryl methyl sites for hydroxylation is 1. The summed E-state index contributed by atoms with van der Waals surface area (Å²) in [5.41, 5.74) is 4.45. The van der Waals surface area contributed by atoms with E-state index in [9.17, 15) is 4.79 Å². The lowest BCUT2D eigenvalue weighted by molar-refractivity contribution is -0.138. The average molecular weight is 373 g/mol. The zero-order valence-corrected chi connectivity index (χ0v) is 15.8. The van der Waals surface area contributed by atoms with Gasteiger partial charge in [-0.1, -0.05) is 42.0 Å². The van der Waals surface area contributed by atoms with E-state index < -0.39 is 5.97 Å². The van der Waals surface area contributed by atoms with Gasteiger partial charge in [0.05, 0.1) is 5.92 Å².